The third-order valence-electron chi connectivity index (χ3n) is 3.09. The Labute approximate surface area is 111 Å². The average molecular weight is 250 g/mol. The molecule has 0 radical (unpaired) electrons. The monoisotopic (exact) mass is 250 g/mol. The molecule has 0 saturated carbocycles. The van der Waals surface area contributed by atoms with Crippen LogP contribution in [0.4, 0.5) is 11.5 Å². The molecule has 0 unspecified atom stereocenters. The van der Waals surface area contributed by atoms with Crippen LogP contribution < -0.4 is 5.32 Å². The van der Waals surface area contributed by atoms with Gasteiger partial charge >= 0.3 is 0 Å². The van der Waals surface area contributed by atoms with Gasteiger partial charge in [0.1, 0.15) is 11.6 Å². The van der Waals surface area contributed by atoms with Gasteiger partial charge in [-0.25, -0.2) is 4.98 Å². The lowest BCUT2D eigenvalue weighted by Crippen LogP contribution is -1.95. The predicted octanol–water partition coefficient (Wildman–Crippen LogP) is 3.99. The van der Waals surface area contributed by atoms with Crippen LogP contribution in [-0.4, -0.2) is 10.1 Å². The molecule has 1 heterocycles. The third-order valence-corrected chi connectivity index (χ3v) is 3.09. The van der Waals surface area contributed by atoms with Gasteiger partial charge in [0.15, 0.2) is 0 Å². The minimum atomic E-state index is 0.218. The van der Waals surface area contributed by atoms with E-state index in [0.29, 0.717) is 5.69 Å². The van der Waals surface area contributed by atoms with Crippen LogP contribution in [0.3, 0.4) is 0 Å². The van der Waals surface area contributed by atoms with E-state index in [0.717, 1.165) is 22.3 Å². The van der Waals surface area contributed by atoms with Crippen molar-refractivity contribution in [1.29, 1.82) is 0 Å². The fourth-order valence-electron chi connectivity index (χ4n) is 2.13. The number of anilines is 2. The Balaban J connectivity index is 2.04. The standard InChI is InChI=1S/C16H14N2O/c1-11-10-16(17-13-7-3-2-6-12(11)13)18-14-8-4-5-9-15(14)19/h2-10,19H,1H3,(H,17,18). The van der Waals surface area contributed by atoms with Gasteiger partial charge in [0.05, 0.1) is 11.2 Å². The van der Waals surface area contributed by atoms with Gasteiger partial charge in [0.2, 0.25) is 0 Å². The molecule has 2 aromatic carbocycles. The first-order chi connectivity index (χ1) is 9.24. The molecule has 0 aliphatic carbocycles. The number of phenolic OH excluding ortho intramolecular Hbond substituents is 1. The highest BCUT2D eigenvalue weighted by molar-refractivity contribution is 5.84. The average Bonchev–Trinajstić information content (AvgIpc) is 2.42. The topological polar surface area (TPSA) is 45.1 Å². The summed E-state index contributed by atoms with van der Waals surface area (Å²) in [5.74, 6) is 0.952. The van der Waals surface area contributed by atoms with E-state index in [-0.39, 0.29) is 5.75 Å². The van der Waals surface area contributed by atoms with Crippen LogP contribution in [0.2, 0.25) is 0 Å². The molecule has 0 spiro atoms. The zero-order chi connectivity index (χ0) is 13.2. The molecule has 3 heteroatoms. The Morgan fingerprint density at radius 2 is 1.74 bits per heavy atom. The Morgan fingerprint density at radius 1 is 1.00 bits per heavy atom. The van der Waals surface area contributed by atoms with Crippen molar-refractivity contribution < 1.29 is 5.11 Å². The molecule has 3 rings (SSSR count). The second kappa shape index (κ2) is 4.61. The van der Waals surface area contributed by atoms with Crippen LogP contribution in [0.1, 0.15) is 5.56 Å². The molecule has 94 valence electrons. The first-order valence-corrected chi connectivity index (χ1v) is 6.15. The normalized spacial score (nSPS) is 10.6. The van der Waals surface area contributed by atoms with Crippen molar-refractivity contribution in [2.75, 3.05) is 5.32 Å². The summed E-state index contributed by atoms with van der Waals surface area (Å²) >= 11 is 0. The van der Waals surface area contributed by atoms with Gasteiger partial charge in [0.25, 0.3) is 0 Å². The van der Waals surface area contributed by atoms with E-state index in [1.54, 1.807) is 12.1 Å². The van der Waals surface area contributed by atoms with Gasteiger partial charge in [0, 0.05) is 5.39 Å². The molecule has 3 nitrogen and oxygen atoms in total. The van der Waals surface area contributed by atoms with E-state index in [9.17, 15) is 5.11 Å². The number of nitrogens with one attached hydrogen (secondary N) is 1. The molecule has 1 aromatic heterocycles. The maximum atomic E-state index is 9.76. The van der Waals surface area contributed by atoms with Crippen molar-refractivity contribution in [1.82, 2.24) is 4.98 Å². The first-order valence-electron chi connectivity index (χ1n) is 6.15. The zero-order valence-electron chi connectivity index (χ0n) is 10.6. The molecule has 0 bridgehead atoms. The van der Waals surface area contributed by atoms with Gasteiger partial charge in [-0.15, -0.1) is 0 Å². The third kappa shape index (κ3) is 2.22. The van der Waals surface area contributed by atoms with Crippen LogP contribution in [-0.2, 0) is 0 Å². The van der Waals surface area contributed by atoms with Crippen LogP contribution in [0, 0.1) is 6.92 Å². The van der Waals surface area contributed by atoms with Gasteiger partial charge in [-0.05, 0) is 36.8 Å². The highest BCUT2D eigenvalue weighted by atomic mass is 16.3. The first kappa shape index (κ1) is 11.5. The molecule has 0 atom stereocenters. The van der Waals surface area contributed by atoms with Gasteiger partial charge < -0.3 is 10.4 Å². The largest absolute Gasteiger partial charge is 0.506 e. The Kier molecular flexibility index (Phi) is 2.80. The molecule has 3 aromatic rings. The van der Waals surface area contributed by atoms with Crippen molar-refractivity contribution in [3.8, 4) is 5.75 Å². The summed E-state index contributed by atoms with van der Waals surface area (Å²) in [6.07, 6.45) is 0. The molecule has 0 amide bonds. The second-order valence-corrected chi connectivity index (χ2v) is 4.48. The number of pyridine rings is 1. The van der Waals surface area contributed by atoms with E-state index in [2.05, 4.69) is 23.3 Å². The van der Waals surface area contributed by atoms with E-state index in [1.807, 2.05) is 36.4 Å². The van der Waals surface area contributed by atoms with Crippen molar-refractivity contribution in [2.24, 2.45) is 0 Å². The molecule has 0 fully saturated rings. The molecular weight excluding hydrogens is 236 g/mol. The van der Waals surface area contributed by atoms with Crippen LogP contribution >= 0.6 is 0 Å². The zero-order valence-corrected chi connectivity index (χ0v) is 10.6. The number of hydrogen-bond acceptors (Lipinski definition) is 3. The van der Waals surface area contributed by atoms with Crippen LogP contribution in [0.5, 0.6) is 5.75 Å². The summed E-state index contributed by atoms with van der Waals surface area (Å²) < 4.78 is 0. The quantitative estimate of drug-likeness (QED) is 0.676. The SMILES string of the molecule is Cc1cc(Nc2ccccc2O)nc2ccccc12. The Morgan fingerprint density at radius 3 is 2.58 bits per heavy atom. The number of nitrogens with zero attached hydrogens (tertiary/aromatic N) is 1. The number of fused-ring (bicyclic) bond motifs is 1. The van der Waals surface area contributed by atoms with Crippen molar-refractivity contribution >= 4 is 22.4 Å². The maximum Gasteiger partial charge on any atom is 0.139 e. The molecule has 19 heavy (non-hydrogen) atoms. The molecule has 0 saturated heterocycles. The Hall–Kier alpha value is -2.55. The molecule has 0 aliphatic heterocycles. The number of aromatic hydroxyl groups is 1. The van der Waals surface area contributed by atoms with E-state index < -0.39 is 0 Å². The molecular formula is C16H14N2O. The lowest BCUT2D eigenvalue weighted by atomic mass is 10.1. The summed E-state index contributed by atoms with van der Waals surface area (Å²) in [5, 5.41) is 14.1. The van der Waals surface area contributed by atoms with E-state index in [1.165, 1.54) is 0 Å². The number of aryl methyl sites for hydroxylation is 1. The van der Waals surface area contributed by atoms with Crippen LogP contribution in [0.15, 0.2) is 54.6 Å². The van der Waals surface area contributed by atoms with Gasteiger partial charge in [-0.1, -0.05) is 30.3 Å². The summed E-state index contributed by atoms with van der Waals surface area (Å²) in [7, 11) is 0. The minimum Gasteiger partial charge on any atom is -0.506 e. The smallest absolute Gasteiger partial charge is 0.139 e. The lowest BCUT2D eigenvalue weighted by Gasteiger charge is -2.10. The summed E-state index contributed by atoms with van der Waals surface area (Å²) in [5.41, 5.74) is 2.76. The predicted molar refractivity (Wildman–Crippen MR) is 77.9 cm³/mol. The number of aromatic nitrogens is 1. The van der Waals surface area contributed by atoms with Gasteiger partial charge in [-0.3, -0.25) is 0 Å². The fourth-order valence-corrected chi connectivity index (χ4v) is 2.13. The number of para-hydroxylation sites is 3. The van der Waals surface area contributed by atoms with E-state index in [4.69, 9.17) is 0 Å². The highest BCUT2D eigenvalue weighted by Crippen LogP contribution is 2.27. The number of hydrogen-bond donors (Lipinski definition) is 2. The van der Waals surface area contributed by atoms with E-state index >= 15 is 0 Å². The van der Waals surface area contributed by atoms with Crippen molar-refractivity contribution in [3.63, 3.8) is 0 Å². The maximum absolute atomic E-state index is 9.76. The fraction of sp³-hybridized carbons (Fsp3) is 0.0625. The molecule has 0 aliphatic rings. The summed E-state index contributed by atoms with van der Waals surface area (Å²) in [6.45, 7) is 2.06. The number of rotatable bonds is 2. The second-order valence-electron chi connectivity index (χ2n) is 4.48. The molecule has 2 N–H and O–H groups in total. The Bertz CT molecular complexity index is 738. The number of benzene rings is 2. The van der Waals surface area contributed by atoms with Crippen molar-refractivity contribution in [2.45, 2.75) is 6.92 Å². The van der Waals surface area contributed by atoms with Crippen molar-refractivity contribution in [3.05, 3.63) is 60.2 Å². The summed E-state index contributed by atoms with van der Waals surface area (Å²) in [6, 6.07) is 17.1. The minimum absolute atomic E-state index is 0.218. The van der Waals surface area contributed by atoms with Gasteiger partial charge in [-0.2, -0.15) is 0 Å². The lowest BCUT2D eigenvalue weighted by molar-refractivity contribution is 0.477. The highest BCUT2D eigenvalue weighted by Gasteiger charge is 2.04. The van der Waals surface area contributed by atoms with Crippen LogP contribution in [0.25, 0.3) is 10.9 Å². The number of phenols is 1. The summed E-state index contributed by atoms with van der Waals surface area (Å²) in [4.78, 5) is 4.55.